The number of carbonyl (C=O) groups is 1. The van der Waals surface area contributed by atoms with E-state index in [1.807, 2.05) is 30.3 Å². The predicted octanol–water partition coefficient (Wildman–Crippen LogP) is 4.56. The van der Waals surface area contributed by atoms with Crippen LogP contribution in [-0.2, 0) is 10.0 Å². The number of sulfonamides is 1. The monoisotopic (exact) mass is 467 g/mol. The number of hydrogen-bond donors (Lipinski definition) is 1. The Morgan fingerprint density at radius 2 is 1.59 bits per heavy atom. The van der Waals surface area contributed by atoms with Crippen molar-refractivity contribution in [2.24, 2.45) is 0 Å². The van der Waals surface area contributed by atoms with E-state index in [9.17, 15) is 13.2 Å². The van der Waals surface area contributed by atoms with E-state index in [1.165, 1.54) is 35.6 Å². The van der Waals surface area contributed by atoms with Crippen molar-refractivity contribution in [3.63, 3.8) is 0 Å². The number of anilines is 2. The molecule has 1 heterocycles. The van der Waals surface area contributed by atoms with Crippen molar-refractivity contribution < 1.29 is 13.2 Å². The second-order valence-electron chi connectivity index (χ2n) is 7.33. The van der Waals surface area contributed by atoms with Gasteiger partial charge in [0.2, 0.25) is 0 Å². The van der Waals surface area contributed by atoms with Crippen molar-refractivity contribution in [1.29, 1.82) is 0 Å². The SMILES string of the molecule is CN(c1ccccc1)S(=O)(=O)c1ccc(C(=O)Nc2cccc(C#Cc3ccccn3)c2)cc1. The second kappa shape index (κ2) is 10.0. The van der Waals surface area contributed by atoms with Gasteiger partial charge in [-0.1, -0.05) is 36.3 Å². The van der Waals surface area contributed by atoms with Gasteiger partial charge in [-0.3, -0.25) is 9.10 Å². The molecule has 4 rings (SSSR count). The van der Waals surface area contributed by atoms with Gasteiger partial charge in [-0.25, -0.2) is 13.4 Å². The van der Waals surface area contributed by atoms with Crippen LogP contribution in [0.25, 0.3) is 0 Å². The van der Waals surface area contributed by atoms with Gasteiger partial charge in [0, 0.05) is 30.1 Å². The van der Waals surface area contributed by atoms with Gasteiger partial charge in [-0.2, -0.15) is 0 Å². The highest BCUT2D eigenvalue weighted by atomic mass is 32.2. The molecule has 7 heteroatoms. The highest BCUT2D eigenvalue weighted by Gasteiger charge is 2.21. The first-order valence-corrected chi connectivity index (χ1v) is 11.9. The fourth-order valence-electron chi connectivity index (χ4n) is 3.16. The molecule has 1 amide bonds. The Morgan fingerprint density at radius 1 is 0.853 bits per heavy atom. The van der Waals surface area contributed by atoms with E-state index < -0.39 is 10.0 Å². The second-order valence-corrected chi connectivity index (χ2v) is 9.30. The molecule has 0 aliphatic heterocycles. The van der Waals surface area contributed by atoms with E-state index in [-0.39, 0.29) is 10.8 Å². The zero-order chi connectivity index (χ0) is 24.0. The van der Waals surface area contributed by atoms with Crippen LogP contribution in [-0.4, -0.2) is 26.4 Å². The summed E-state index contributed by atoms with van der Waals surface area (Å²) in [6, 6.07) is 27.3. The summed E-state index contributed by atoms with van der Waals surface area (Å²) < 4.78 is 27.0. The van der Waals surface area contributed by atoms with Crippen LogP contribution in [0.15, 0.2) is 108 Å². The van der Waals surface area contributed by atoms with Crippen LogP contribution in [0.4, 0.5) is 11.4 Å². The molecule has 0 saturated heterocycles. The molecule has 0 aliphatic rings. The summed E-state index contributed by atoms with van der Waals surface area (Å²) in [6.07, 6.45) is 1.68. The van der Waals surface area contributed by atoms with Crippen LogP contribution >= 0.6 is 0 Å². The molecule has 6 nitrogen and oxygen atoms in total. The zero-order valence-corrected chi connectivity index (χ0v) is 19.2. The molecule has 168 valence electrons. The molecule has 34 heavy (non-hydrogen) atoms. The van der Waals surface area contributed by atoms with Crippen LogP contribution < -0.4 is 9.62 Å². The number of benzene rings is 3. The number of para-hydroxylation sites is 1. The number of amides is 1. The fourth-order valence-corrected chi connectivity index (χ4v) is 4.36. The Kier molecular flexibility index (Phi) is 6.72. The van der Waals surface area contributed by atoms with Crippen molar-refractivity contribution >= 4 is 27.3 Å². The first-order chi connectivity index (χ1) is 16.4. The number of carbonyl (C=O) groups excluding carboxylic acids is 1. The third-order valence-corrected chi connectivity index (χ3v) is 6.81. The minimum absolute atomic E-state index is 0.0993. The number of nitrogens with one attached hydrogen (secondary N) is 1. The van der Waals surface area contributed by atoms with Crippen LogP contribution in [0.3, 0.4) is 0 Å². The maximum atomic E-state index is 12.9. The smallest absolute Gasteiger partial charge is 0.264 e. The lowest BCUT2D eigenvalue weighted by molar-refractivity contribution is 0.102. The molecule has 0 aliphatic carbocycles. The minimum Gasteiger partial charge on any atom is -0.322 e. The quantitative estimate of drug-likeness (QED) is 0.437. The lowest BCUT2D eigenvalue weighted by Gasteiger charge is -2.19. The molecule has 0 fully saturated rings. The Hall–Kier alpha value is -4.41. The van der Waals surface area contributed by atoms with Gasteiger partial charge >= 0.3 is 0 Å². The number of hydrogen-bond acceptors (Lipinski definition) is 4. The standard InChI is InChI=1S/C27H21N3O3S/c1-30(25-11-3-2-4-12-25)34(32,33)26-17-14-22(15-18-26)27(31)29-24-10-7-8-21(20-24)13-16-23-9-5-6-19-28-23/h2-12,14-15,17-20H,1H3,(H,29,31). The minimum atomic E-state index is -3.75. The van der Waals surface area contributed by atoms with E-state index in [1.54, 1.807) is 48.7 Å². The van der Waals surface area contributed by atoms with Gasteiger partial charge in [0.1, 0.15) is 5.69 Å². The van der Waals surface area contributed by atoms with Crippen LogP contribution in [0, 0.1) is 11.8 Å². The first-order valence-electron chi connectivity index (χ1n) is 10.4. The lowest BCUT2D eigenvalue weighted by Crippen LogP contribution is -2.26. The maximum Gasteiger partial charge on any atom is 0.264 e. The maximum absolute atomic E-state index is 12.9. The summed E-state index contributed by atoms with van der Waals surface area (Å²) in [5, 5.41) is 2.82. The normalized spacial score (nSPS) is 10.6. The average Bonchev–Trinajstić information content (AvgIpc) is 2.88. The molecule has 0 unspecified atom stereocenters. The van der Waals surface area contributed by atoms with Gasteiger partial charge < -0.3 is 5.32 Å². The predicted molar refractivity (Wildman–Crippen MR) is 133 cm³/mol. The summed E-state index contributed by atoms with van der Waals surface area (Å²) in [7, 11) is -2.25. The van der Waals surface area contributed by atoms with Crippen molar-refractivity contribution in [2.45, 2.75) is 4.90 Å². The average molecular weight is 468 g/mol. The van der Waals surface area contributed by atoms with Crippen LogP contribution in [0.2, 0.25) is 0 Å². The van der Waals surface area contributed by atoms with Crippen LogP contribution in [0.5, 0.6) is 0 Å². The molecular weight excluding hydrogens is 446 g/mol. The molecule has 0 saturated carbocycles. The third kappa shape index (κ3) is 5.31. The summed E-state index contributed by atoms with van der Waals surface area (Å²) >= 11 is 0. The molecular formula is C27H21N3O3S. The Labute approximate surface area is 199 Å². The molecule has 0 atom stereocenters. The van der Waals surface area contributed by atoms with Gasteiger partial charge in [0.05, 0.1) is 10.6 Å². The van der Waals surface area contributed by atoms with E-state index in [0.29, 0.717) is 22.6 Å². The lowest BCUT2D eigenvalue weighted by atomic mass is 10.1. The van der Waals surface area contributed by atoms with Crippen molar-refractivity contribution in [1.82, 2.24) is 4.98 Å². The van der Waals surface area contributed by atoms with Crippen molar-refractivity contribution in [2.75, 3.05) is 16.7 Å². The van der Waals surface area contributed by atoms with E-state index in [2.05, 4.69) is 22.1 Å². The topological polar surface area (TPSA) is 79.4 Å². The Balaban J connectivity index is 1.47. The Bertz CT molecular complexity index is 1460. The largest absolute Gasteiger partial charge is 0.322 e. The van der Waals surface area contributed by atoms with E-state index >= 15 is 0 Å². The van der Waals surface area contributed by atoms with Crippen LogP contribution in [0.1, 0.15) is 21.6 Å². The first kappa shape index (κ1) is 22.8. The third-order valence-electron chi connectivity index (χ3n) is 5.01. The molecule has 1 N–H and O–H groups in total. The van der Waals surface area contributed by atoms with Gasteiger partial charge in [-0.15, -0.1) is 0 Å². The van der Waals surface area contributed by atoms with Gasteiger partial charge in [0.25, 0.3) is 15.9 Å². The number of nitrogens with zero attached hydrogens (tertiary/aromatic N) is 2. The van der Waals surface area contributed by atoms with Crippen molar-refractivity contribution in [3.05, 3.63) is 120 Å². The summed E-state index contributed by atoms with van der Waals surface area (Å²) in [4.78, 5) is 17.0. The number of pyridine rings is 1. The van der Waals surface area contributed by atoms with E-state index in [0.717, 1.165) is 5.56 Å². The molecule has 0 bridgehead atoms. The molecule has 3 aromatic carbocycles. The number of aromatic nitrogens is 1. The van der Waals surface area contributed by atoms with Gasteiger partial charge in [-0.05, 0) is 72.7 Å². The highest BCUT2D eigenvalue weighted by Crippen LogP contribution is 2.22. The highest BCUT2D eigenvalue weighted by molar-refractivity contribution is 7.92. The Morgan fingerprint density at radius 3 is 2.29 bits per heavy atom. The molecule has 0 radical (unpaired) electrons. The summed E-state index contributed by atoms with van der Waals surface area (Å²) in [5.41, 5.74) is 2.86. The molecule has 1 aromatic heterocycles. The molecule has 0 spiro atoms. The molecule has 4 aromatic rings. The van der Waals surface area contributed by atoms with Crippen molar-refractivity contribution in [3.8, 4) is 11.8 Å². The van der Waals surface area contributed by atoms with E-state index in [4.69, 9.17) is 0 Å². The summed E-state index contributed by atoms with van der Waals surface area (Å²) in [5.74, 6) is 5.66. The zero-order valence-electron chi connectivity index (χ0n) is 18.3. The summed E-state index contributed by atoms with van der Waals surface area (Å²) in [6.45, 7) is 0. The number of rotatable bonds is 5. The fraction of sp³-hybridized carbons (Fsp3) is 0.0370. The van der Waals surface area contributed by atoms with Gasteiger partial charge in [0.15, 0.2) is 0 Å².